The van der Waals surface area contributed by atoms with Gasteiger partial charge in [-0.2, -0.15) is 0 Å². The fourth-order valence-electron chi connectivity index (χ4n) is 1.19. The summed E-state index contributed by atoms with van der Waals surface area (Å²) in [4.78, 5) is 0. The van der Waals surface area contributed by atoms with E-state index in [9.17, 15) is 4.39 Å². The maximum absolute atomic E-state index is 13.4. The lowest BCUT2D eigenvalue weighted by molar-refractivity contribution is 0.610. The second kappa shape index (κ2) is 4.05. The predicted molar refractivity (Wildman–Crippen MR) is 58.2 cm³/mol. The summed E-state index contributed by atoms with van der Waals surface area (Å²) in [6.07, 6.45) is 0.697. The second-order valence-electron chi connectivity index (χ2n) is 3.05. The van der Waals surface area contributed by atoms with Crippen LogP contribution in [0.25, 0.3) is 5.57 Å². The minimum absolute atomic E-state index is 0.158. The average molecular weight is 243 g/mol. The SMILES string of the molecule is C=C(C)c1cc(F)c(CC)c(Br)c1. The summed E-state index contributed by atoms with van der Waals surface area (Å²) in [5.74, 6) is -0.158. The Balaban J connectivity index is 3.28. The number of benzene rings is 1. The highest BCUT2D eigenvalue weighted by molar-refractivity contribution is 9.10. The molecule has 1 aromatic rings. The van der Waals surface area contributed by atoms with Gasteiger partial charge in [-0.1, -0.05) is 35.0 Å². The normalized spacial score (nSPS) is 10.2. The lowest BCUT2D eigenvalue weighted by atomic mass is 10.0. The van der Waals surface area contributed by atoms with Gasteiger partial charge in [-0.05, 0) is 31.0 Å². The molecule has 0 saturated carbocycles. The summed E-state index contributed by atoms with van der Waals surface area (Å²) in [6, 6.07) is 3.44. The molecule has 0 aliphatic carbocycles. The van der Waals surface area contributed by atoms with Crippen LogP contribution >= 0.6 is 15.9 Å². The van der Waals surface area contributed by atoms with Crippen molar-refractivity contribution in [3.8, 4) is 0 Å². The van der Waals surface area contributed by atoms with Crippen LogP contribution in [0.2, 0.25) is 0 Å². The first-order chi connectivity index (χ1) is 6.06. The van der Waals surface area contributed by atoms with E-state index in [0.29, 0.717) is 6.42 Å². The van der Waals surface area contributed by atoms with Crippen molar-refractivity contribution in [3.63, 3.8) is 0 Å². The van der Waals surface area contributed by atoms with Crippen molar-refractivity contribution < 1.29 is 4.39 Å². The fraction of sp³-hybridized carbons (Fsp3) is 0.273. The van der Waals surface area contributed by atoms with Crippen molar-refractivity contribution in [1.82, 2.24) is 0 Å². The molecule has 70 valence electrons. The molecule has 13 heavy (non-hydrogen) atoms. The van der Waals surface area contributed by atoms with E-state index in [0.717, 1.165) is 21.2 Å². The Morgan fingerprint density at radius 1 is 1.54 bits per heavy atom. The van der Waals surface area contributed by atoms with E-state index in [2.05, 4.69) is 22.5 Å². The van der Waals surface area contributed by atoms with Gasteiger partial charge in [0, 0.05) is 10.0 Å². The Labute approximate surface area is 86.6 Å². The van der Waals surface area contributed by atoms with E-state index in [-0.39, 0.29) is 5.82 Å². The molecule has 0 bridgehead atoms. The summed E-state index contributed by atoms with van der Waals surface area (Å²) in [6.45, 7) is 7.58. The molecular formula is C11H12BrF. The van der Waals surface area contributed by atoms with Crippen LogP contribution in [0, 0.1) is 5.82 Å². The van der Waals surface area contributed by atoms with Crippen LogP contribution in [0.5, 0.6) is 0 Å². The molecule has 0 heterocycles. The number of rotatable bonds is 2. The highest BCUT2D eigenvalue weighted by atomic mass is 79.9. The van der Waals surface area contributed by atoms with Crippen molar-refractivity contribution in [3.05, 3.63) is 40.1 Å². The largest absolute Gasteiger partial charge is 0.207 e. The standard InChI is InChI=1S/C11H12BrF/c1-4-9-10(12)5-8(7(2)3)6-11(9)13/h5-6H,2,4H2,1,3H3. The van der Waals surface area contributed by atoms with Crippen LogP contribution in [0.4, 0.5) is 4.39 Å². The molecule has 0 aliphatic heterocycles. The summed E-state index contributed by atoms with van der Waals surface area (Å²) >= 11 is 3.35. The molecule has 0 saturated heterocycles. The molecule has 0 nitrogen and oxygen atoms in total. The third-order valence-corrected chi connectivity index (χ3v) is 2.69. The number of allylic oxidation sites excluding steroid dienone is 1. The van der Waals surface area contributed by atoms with E-state index in [1.807, 2.05) is 19.9 Å². The van der Waals surface area contributed by atoms with Crippen LogP contribution in [-0.4, -0.2) is 0 Å². The van der Waals surface area contributed by atoms with Gasteiger partial charge in [-0.25, -0.2) is 4.39 Å². The van der Waals surface area contributed by atoms with Gasteiger partial charge in [0.2, 0.25) is 0 Å². The minimum atomic E-state index is -0.158. The quantitative estimate of drug-likeness (QED) is 0.730. The Hall–Kier alpha value is -0.630. The fourth-order valence-corrected chi connectivity index (χ4v) is 1.90. The second-order valence-corrected chi connectivity index (χ2v) is 3.91. The third-order valence-electron chi connectivity index (χ3n) is 1.99. The Morgan fingerprint density at radius 2 is 2.15 bits per heavy atom. The highest BCUT2D eigenvalue weighted by Gasteiger charge is 2.07. The summed E-state index contributed by atoms with van der Waals surface area (Å²) in [5.41, 5.74) is 2.45. The van der Waals surface area contributed by atoms with E-state index < -0.39 is 0 Å². The van der Waals surface area contributed by atoms with Crippen molar-refractivity contribution in [2.75, 3.05) is 0 Å². The molecule has 1 rings (SSSR count). The summed E-state index contributed by atoms with van der Waals surface area (Å²) in [7, 11) is 0. The molecule has 0 unspecified atom stereocenters. The first kappa shape index (κ1) is 10.5. The van der Waals surface area contributed by atoms with E-state index in [1.54, 1.807) is 0 Å². The lowest BCUT2D eigenvalue weighted by Gasteiger charge is -2.06. The molecule has 0 aliphatic rings. The van der Waals surface area contributed by atoms with Crippen molar-refractivity contribution in [2.24, 2.45) is 0 Å². The number of hydrogen-bond donors (Lipinski definition) is 0. The topological polar surface area (TPSA) is 0 Å². The van der Waals surface area contributed by atoms with Crippen LogP contribution in [-0.2, 0) is 6.42 Å². The van der Waals surface area contributed by atoms with Gasteiger partial charge in [0.15, 0.2) is 0 Å². The monoisotopic (exact) mass is 242 g/mol. The third kappa shape index (κ3) is 2.19. The van der Waals surface area contributed by atoms with Crippen molar-refractivity contribution in [1.29, 1.82) is 0 Å². The van der Waals surface area contributed by atoms with Crippen LogP contribution in [0.1, 0.15) is 25.0 Å². The lowest BCUT2D eigenvalue weighted by Crippen LogP contribution is -1.92. The zero-order valence-corrected chi connectivity index (χ0v) is 9.41. The molecule has 0 atom stereocenters. The molecule has 2 heteroatoms. The summed E-state index contributed by atoms with van der Waals surface area (Å²) < 4.78 is 14.2. The van der Waals surface area contributed by atoms with Crippen LogP contribution < -0.4 is 0 Å². The number of halogens is 2. The van der Waals surface area contributed by atoms with Crippen LogP contribution in [0.15, 0.2) is 23.2 Å². The molecule has 0 N–H and O–H groups in total. The molecular weight excluding hydrogens is 231 g/mol. The molecule has 0 spiro atoms. The average Bonchev–Trinajstić information content (AvgIpc) is 2.03. The Bertz CT molecular complexity index is 319. The van der Waals surface area contributed by atoms with Gasteiger partial charge < -0.3 is 0 Å². The Morgan fingerprint density at radius 3 is 2.54 bits per heavy atom. The molecule has 1 aromatic carbocycles. The first-order valence-corrected chi connectivity index (χ1v) is 4.99. The molecule has 0 amide bonds. The maximum Gasteiger partial charge on any atom is 0.128 e. The maximum atomic E-state index is 13.4. The summed E-state index contributed by atoms with van der Waals surface area (Å²) in [5, 5.41) is 0. The Kier molecular flexibility index (Phi) is 3.26. The van der Waals surface area contributed by atoms with Gasteiger partial charge in [-0.15, -0.1) is 0 Å². The van der Waals surface area contributed by atoms with Gasteiger partial charge in [0.05, 0.1) is 0 Å². The van der Waals surface area contributed by atoms with E-state index in [4.69, 9.17) is 0 Å². The van der Waals surface area contributed by atoms with Gasteiger partial charge in [0.25, 0.3) is 0 Å². The first-order valence-electron chi connectivity index (χ1n) is 4.20. The molecule has 0 fully saturated rings. The van der Waals surface area contributed by atoms with Gasteiger partial charge in [0.1, 0.15) is 5.82 Å². The van der Waals surface area contributed by atoms with Gasteiger partial charge >= 0.3 is 0 Å². The minimum Gasteiger partial charge on any atom is -0.207 e. The van der Waals surface area contributed by atoms with Crippen LogP contribution in [0.3, 0.4) is 0 Å². The van der Waals surface area contributed by atoms with E-state index in [1.165, 1.54) is 6.07 Å². The van der Waals surface area contributed by atoms with Gasteiger partial charge in [-0.3, -0.25) is 0 Å². The highest BCUT2D eigenvalue weighted by Crippen LogP contribution is 2.25. The van der Waals surface area contributed by atoms with Crippen molar-refractivity contribution in [2.45, 2.75) is 20.3 Å². The number of hydrogen-bond acceptors (Lipinski definition) is 0. The van der Waals surface area contributed by atoms with Crippen molar-refractivity contribution >= 4 is 21.5 Å². The zero-order valence-electron chi connectivity index (χ0n) is 7.82. The van der Waals surface area contributed by atoms with E-state index >= 15 is 0 Å². The predicted octanol–water partition coefficient (Wildman–Crippen LogP) is 4.18. The zero-order chi connectivity index (χ0) is 10.0. The molecule has 0 radical (unpaired) electrons. The molecule has 0 aromatic heterocycles. The smallest absolute Gasteiger partial charge is 0.128 e.